The predicted molar refractivity (Wildman–Crippen MR) is 48.0 cm³/mol. The molecule has 0 fully saturated rings. The van der Waals surface area contributed by atoms with E-state index in [9.17, 15) is 4.79 Å². The summed E-state index contributed by atoms with van der Waals surface area (Å²) in [4.78, 5) is 21.5. The number of imidazole rings is 1. The quantitative estimate of drug-likeness (QED) is 0.635. The summed E-state index contributed by atoms with van der Waals surface area (Å²) in [6, 6.07) is 0. The van der Waals surface area contributed by atoms with Crippen LogP contribution in [0.1, 0.15) is 0 Å². The van der Waals surface area contributed by atoms with Gasteiger partial charge < -0.3 is 0 Å². The Labute approximate surface area is 73.1 Å². The Morgan fingerprint density at radius 1 is 1.69 bits per heavy atom. The Morgan fingerprint density at radius 3 is 3.31 bits per heavy atom. The molecule has 5 nitrogen and oxygen atoms in total. The van der Waals surface area contributed by atoms with Gasteiger partial charge in [0.25, 0.3) is 0 Å². The molecule has 0 bridgehead atoms. The van der Waals surface area contributed by atoms with E-state index >= 15 is 0 Å². The number of H-pyrrole nitrogens is 1. The second-order valence-corrected chi connectivity index (χ2v) is 2.39. The van der Waals surface area contributed by atoms with Gasteiger partial charge in [0.05, 0.1) is 12.4 Å². The van der Waals surface area contributed by atoms with Crippen molar-refractivity contribution in [2.45, 2.75) is 0 Å². The zero-order chi connectivity index (χ0) is 9.26. The SMILES string of the molecule is C=C=Cn1c(=O)[nH]c2ncncc21. The van der Waals surface area contributed by atoms with Crippen LogP contribution in [0.4, 0.5) is 0 Å². The second-order valence-electron chi connectivity index (χ2n) is 2.39. The number of hydrogen-bond acceptors (Lipinski definition) is 3. The molecule has 2 heterocycles. The third kappa shape index (κ3) is 1.07. The summed E-state index contributed by atoms with van der Waals surface area (Å²) in [5, 5.41) is 0. The molecule has 2 aromatic rings. The smallest absolute Gasteiger partial charge is 0.290 e. The van der Waals surface area contributed by atoms with Crippen LogP contribution in [0.15, 0.2) is 29.6 Å². The first-order valence-electron chi connectivity index (χ1n) is 3.59. The fraction of sp³-hybridized carbons (Fsp3) is 0. The van der Waals surface area contributed by atoms with Gasteiger partial charge in [-0.05, 0) is 0 Å². The average Bonchev–Trinajstić information content (AvgIpc) is 2.44. The van der Waals surface area contributed by atoms with E-state index in [2.05, 4.69) is 27.3 Å². The minimum Gasteiger partial charge on any atom is -0.290 e. The lowest BCUT2D eigenvalue weighted by atomic mass is 10.5. The highest BCUT2D eigenvalue weighted by atomic mass is 16.1. The molecular weight excluding hydrogens is 168 g/mol. The van der Waals surface area contributed by atoms with Crippen molar-refractivity contribution in [1.29, 1.82) is 0 Å². The van der Waals surface area contributed by atoms with Crippen molar-refractivity contribution in [1.82, 2.24) is 19.5 Å². The second kappa shape index (κ2) is 2.73. The molecule has 13 heavy (non-hydrogen) atoms. The van der Waals surface area contributed by atoms with Crippen molar-refractivity contribution < 1.29 is 0 Å². The Morgan fingerprint density at radius 2 is 2.54 bits per heavy atom. The van der Waals surface area contributed by atoms with Crippen molar-refractivity contribution in [2.75, 3.05) is 0 Å². The van der Waals surface area contributed by atoms with Gasteiger partial charge in [-0.15, -0.1) is 5.73 Å². The molecule has 64 valence electrons. The Balaban J connectivity index is 2.94. The van der Waals surface area contributed by atoms with E-state index < -0.39 is 0 Å². The summed E-state index contributed by atoms with van der Waals surface area (Å²) in [5.41, 5.74) is 3.36. The summed E-state index contributed by atoms with van der Waals surface area (Å²) >= 11 is 0. The highest BCUT2D eigenvalue weighted by Gasteiger charge is 2.03. The summed E-state index contributed by atoms with van der Waals surface area (Å²) in [7, 11) is 0. The van der Waals surface area contributed by atoms with Gasteiger partial charge in [-0.3, -0.25) is 9.55 Å². The van der Waals surface area contributed by atoms with E-state index in [-0.39, 0.29) is 5.69 Å². The molecule has 0 aromatic carbocycles. The number of aromatic amines is 1. The number of rotatable bonds is 1. The van der Waals surface area contributed by atoms with Gasteiger partial charge in [0.2, 0.25) is 0 Å². The summed E-state index contributed by atoms with van der Waals surface area (Å²) in [5.74, 6) is 0. The largest absolute Gasteiger partial charge is 0.332 e. The van der Waals surface area contributed by atoms with E-state index in [0.29, 0.717) is 11.2 Å². The van der Waals surface area contributed by atoms with Crippen LogP contribution < -0.4 is 5.69 Å². The van der Waals surface area contributed by atoms with Gasteiger partial charge in [-0.1, -0.05) is 6.58 Å². The Hall–Kier alpha value is -2.13. The zero-order valence-electron chi connectivity index (χ0n) is 6.69. The minimum absolute atomic E-state index is 0.272. The van der Waals surface area contributed by atoms with Crippen LogP contribution in [0.3, 0.4) is 0 Å². The topological polar surface area (TPSA) is 63.6 Å². The monoisotopic (exact) mass is 174 g/mol. The molecule has 0 unspecified atom stereocenters. The molecule has 0 spiro atoms. The van der Waals surface area contributed by atoms with E-state index in [4.69, 9.17) is 0 Å². The van der Waals surface area contributed by atoms with Crippen molar-refractivity contribution in [2.24, 2.45) is 0 Å². The van der Waals surface area contributed by atoms with Crippen LogP contribution in [0.25, 0.3) is 17.4 Å². The molecule has 0 amide bonds. The summed E-state index contributed by atoms with van der Waals surface area (Å²) in [6.07, 6.45) is 4.36. The molecule has 2 aromatic heterocycles. The maximum absolute atomic E-state index is 11.3. The van der Waals surface area contributed by atoms with E-state index in [0.717, 1.165) is 0 Å². The average molecular weight is 174 g/mol. The van der Waals surface area contributed by atoms with Crippen molar-refractivity contribution in [3.8, 4) is 0 Å². The molecule has 0 aliphatic rings. The molecule has 0 aliphatic heterocycles. The summed E-state index contributed by atoms with van der Waals surface area (Å²) in [6.45, 7) is 3.39. The Bertz CT molecular complexity index is 545. The lowest BCUT2D eigenvalue weighted by Crippen LogP contribution is -2.10. The van der Waals surface area contributed by atoms with Gasteiger partial charge in [-0.25, -0.2) is 14.8 Å². The molecule has 1 N–H and O–H groups in total. The molecule has 0 radical (unpaired) electrons. The first-order chi connectivity index (χ1) is 6.33. The maximum Gasteiger partial charge on any atom is 0.332 e. The van der Waals surface area contributed by atoms with E-state index in [1.165, 1.54) is 17.1 Å². The summed E-state index contributed by atoms with van der Waals surface area (Å²) < 4.78 is 1.35. The van der Waals surface area contributed by atoms with Crippen LogP contribution in [0.2, 0.25) is 0 Å². The third-order valence-electron chi connectivity index (χ3n) is 1.62. The highest BCUT2D eigenvalue weighted by Crippen LogP contribution is 2.03. The fourth-order valence-electron chi connectivity index (χ4n) is 1.09. The van der Waals surface area contributed by atoms with Gasteiger partial charge in [0.1, 0.15) is 11.8 Å². The van der Waals surface area contributed by atoms with Gasteiger partial charge in [-0.2, -0.15) is 0 Å². The lowest BCUT2D eigenvalue weighted by molar-refractivity contribution is 1.08. The van der Waals surface area contributed by atoms with Gasteiger partial charge in [0, 0.05) is 0 Å². The first-order valence-corrected chi connectivity index (χ1v) is 3.59. The van der Waals surface area contributed by atoms with Gasteiger partial charge in [0.15, 0.2) is 5.65 Å². The minimum atomic E-state index is -0.272. The Kier molecular flexibility index (Phi) is 1.58. The van der Waals surface area contributed by atoms with Crippen LogP contribution in [-0.4, -0.2) is 19.5 Å². The number of fused-ring (bicyclic) bond motifs is 1. The fourth-order valence-corrected chi connectivity index (χ4v) is 1.09. The molecule has 0 atom stereocenters. The number of nitrogens with zero attached hydrogens (tertiary/aromatic N) is 3. The number of nitrogens with one attached hydrogen (secondary N) is 1. The highest BCUT2D eigenvalue weighted by molar-refractivity contribution is 5.71. The predicted octanol–water partition coefficient (Wildman–Crippen LogP) is 0.375. The van der Waals surface area contributed by atoms with E-state index in [1.807, 2.05) is 0 Å². The van der Waals surface area contributed by atoms with Crippen LogP contribution in [0.5, 0.6) is 0 Å². The maximum atomic E-state index is 11.3. The number of aromatic nitrogens is 4. The molecule has 5 heteroatoms. The van der Waals surface area contributed by atoms with Crippen LogP contribution in [-0.2, 0) is 0 Å². The molecular formula is C8H6N4O. The van der Waals surface area contributed by atoms with Crippen molar-refractivity contribution in [3.05, 3.63) is 35.3 Å². The van der Waals surface area contributed by atoms with Crippen molar-refractivity contribution in [3.63, 3.8) is 0 Å². The molecule has 2 rings (SSSR count). The first kappa shape index (κ1) is 7.52. The molecule has 0 aliphatic carbocycles. The van der Waals surface area contributed by atoms with Crippen LogP contribution in [0, 0.1) is 0 Å². The van der Waals surface area contributed by atoms with Crippen molar-refractivity contribution >= 4 is 17.4 Å². The molecule has 0 saturated heterocycles. The zero-order valence-corrected chi connectivity index (χ0v) is 6.69. The van der Waals surface area contributed by atoms with E-state index in [1.54, 1.807) is 6.20 Å². The number of hydrogen-bond donors (Lipinski definition) is 1. The van der Waals surface area contributed by atoms with Gasteiger partial charge >= 0.3 is 5.69 Å². The lowest BCUT2D eigenvalue weighted by Gasteiger charge is -1.89. The van der Waals surface area contributed by atoms with Crippen LogP contribution >= 0.6 is 0 Å². The third-order valence-corrected chi connectivity index (χ3v) is 1.62. The standard InChI is InChI=1S/C8H6N4O/c1-2-3-12-6-4-9-5-10-7(6)11-8(12)13/h3-5H,1H2,(H,9,10,11,13). The normalized spacial score (nSPS) is 9.85. The molecule has 0 saturated carbocycles.